The van der Waals surface area contributed by atoms with Gasteiger partial charge in [-0.1, -0.05) is 37.6 Å². The molecule has 0 saturated heterocycles. The minimum atomic E-state index is -0.508. The monoisotopic (exact) mass is 465 g/mol. The Labute approximate surface area is 195 Å². The van der Waals surface area contributed by atoms with E-state index in [1.54, 1.807) is 18.2 Å². The number of fused-ring (bicyclic) bond motifs is 1. The molecular weight excluding hydrogens is 437 g/mol. The number of aromatic nitrogens is 4. The van der Waals surface area contributed by atoms with E-state index < -0.39 is 11.2 Å². The number of aromatic amines is 1. The van der Waals surface area contributed by atoms with Crippen molar-refractivity contribution in [3.63, 3.8) is 0 Å². The first kappa shape index (κ1) is 23.4. The van der Waals surface area contributed by atoms with Crippen molar-refractivity contribution in [2.45, 2.75) is 59.0 Å². The zero-order valence-electron chi connectivity index (χ0n) is 19.4. The molecule has 0 bridgehead atoms. The molecule has 0 aliphatic heterocycles. The van der Waals surface area contributed by atoms with Crippen molar-refractivity contribution in [1.29, 1.82) is 0 Å². The van der Waals surface area contributed by atoms with Gasteiger partial charge in [0.2, 0.25) is 5.91 Å². The molecule has 0 atom stereocenters. The maximum Gasteiger partial charge on any atom is 0.333 e. The fourth-order valence-electron chi connectivity index (χ4n) is 4.05. The number of imidazole rings is 1. The molecule has 1 aliphatic carbocycles. The van der Waals surface area contributed by atoms with Gasteiger partial charge in [-0.3, -0.25) is 18.7 Å². The second-order valence-electron chi connectivity index (χ2n) is 8.49. The maximum atomic E-state index is 14.3. The third kappa shape index (κ3) is 4.93. The summed E-state index contributed by atoms with van der Waals surface area (Å²) in [4.78, 5) is 45.4. The maximum absolute atomic E-state index is 14.3. The van der Waals surface area contributed by atoms with Crippen molar-refractivity contribution < 1.29 is 9.18 Å². The second kappa shape index (κ2) is 10.0. The Balaban J connectivity index is 1.73. The molecule has 0 unspecified atom stereocenters. The van der Waals surface area contributed by atoms with Gasteiger partial charge in [-0.05, 0) is 30.5 Å². The zero-order chi connectivity index (χ0) is 24.2. The number of halogens is 1. The average Bonchev–Trinajstić information content (AvgIpc) is 3.22. The second-order valence-corrected chi connectivity index (χ2v) is 8.49. The number of benzene rings is 1. The molecule has 0 radical (unpaired) electrons. The molecule has 0 saturated carbocycles. The van der Waals surface area contributed by atoms with Crippen LogP contribution >= 0.6 is 0 Å². The molecule has 178 valence electrons. The quantitative estimate of drug-likeness (QED) is 0.528. The number of hydrogen-bond donors (Lipinski definition) is 2. The van der Waals surface area contributed by atoms with Gasteiger partial charge in [-0.15, -0.1) is 0 Å². The summed E-state index contributed by atoms with van der Waals surface area (Å²) >= 11 is 0. The van der Waals surface area contributed by atoms with Crippen LogP contribution in [-0.4, -0.2) is 25.0 Å². The van der Waals surface area contributed by atoms with Crippen molar-refractivity contribution in [3.05, 3.63) is 80.0 Å². The minimum Gasteiger partial charge on any atom is -0.336 e. The number of hydrogen-bond acceptors (Lipinski definition) is 4. The van der Waals surface area contributed by atoms with Crippen molar-refractivity contribution in [2.24, 2.45) is 0 Å². The molecule has 2 N–H and O–H groups in total. The summed E-state index contributed by atoms with van der Waals surface area (Å²) in [5.41, 5.74) is 1.53. The van der Waals surface area contributed by atoms with Gasteiger partial charge in [-0.25, -0.2) is 14.2 Å². The third-order valence-corrected chi connectivity index (χ3v) is 5.82. The number of unbranched alkanes of at least 4 members (excludes halogenated alkanes) is 1. The Kier molecular flexibility index (Phi) is 6.90. The smallest absolute Gasteiger partial charge is 0.333 e. The SMILES string of the molecule is CCCCn1c(=O)n(CC2=C(F)CCC=C2)c(=O)c2[nH]c(Cc3ccc(NC(C)=O)cc3)nc21. The Morgan fingerprint density at radius 1 is 1.21 bits per heavy atom. The fraction of sp³-hybridized carbons (Fsp3) is 0.360. The molecule has 9 heteroatoms. The van der Waals surface area contributed by atoms with Crippen molar-refractivity contribution in [2.75, 3.05) is 5.32 Å². The Morgan fingerprint density at radius 3 is 2.65 bits per heavy atom. The lowest BCUT2D eigenvalue weighted by Crippen LogP contribution is -2.40. The Hall–Kier alpha value is -3.75. The number of amides is 1. The highest BCUT2D eigenvalue weighted by Crippen LogP contribution is 2.21. The van der Waals surface area contributed by atoms with E-state index in [1.807, 2.05) is 25.1 Å². The predicted octanol–water partition coefficient (Wildman–Crippen LogP) is 3.81. The Bertz CT molecular complexity index is 1390. The molecule has 34 heavy (non-hydrogen) atoms. The van der Waals surface area contributed by atoms with Crippen molar-refractivity contribution in [1.82, 2.24) is 19.1 Å². The number of carbonyl (C=O) groups is 1. The topological polar surface area (TPSA) is 102 Å². The molecule has 1 amide bonds. The summed E-state index contributed by atoms with van der Waals surface area (Å²) in [5, 5.41) is 2.72. The van der Waals surface area contributed by atoms with Gasteiger partial charge >= 0.3 is 5.69 Å². The van der Waals surface area contributed by atoms with Crippen LogP contribution in [0.25, 0.3) is 11.2 Å². The number of aryl methyl sites for hydroxylation is 1. The summed E-state index contributed by atoms with van der Waals surface area (Å²) in [6.45, 7) is 3.77. The molecule has 4 rings (SSSR count). The molecule has 1 aliphatic rings. The van der Waals surface area contributed by atoms with Crippen LogP contribution in [0.2, 0.25) is 0 Å². The molecule has 0 spiro atoms. The number of carbonyl (C=O) groups excluding carboxylic acids is 1. The summed E-state index contributed by atoms with van der Waals surface area (Å²) in [6, 6.07) is 7.32. The standard InChI is InChI=1S/C25H28FN5O3/c1-3-4-13-30-23-22(24(33)31(25(30)34)15-18-7-5-6-8-20(18)26)28-21(29-23)14-17-9-11-19(12-10-17)27-16(2)32/h5,7,9-12H,3-4,6,8,13-15H2,1-2H3,(H,27,32)(H,28,29). The Morgan fingerprint density at radius 2 is 1.97 bits per heavy atom. The minimum absolute atomic E-state index is 0.110. The lowest BCUT2D eigenvalue weighted by Gasteiger charge is -2.13. The number of H-pyrrole nitrogens is 1. The number of rotatable bonds is 8. The van der Waals surface area contributed by atoms with Crippen LogP contribution in [0.5, 0.6) is 0 Å². The molecule has 8 nitrogen and oxygen atoms in total. The average molecular weight is 466 g/mol. The largest absolute Gasteiger partial charge is 0.336 e. The van der Waals surface area contributed by atoms with Crippen LogP contribution in [-0.2, 0) is 24.3 Å². The highest BCUT2D eigenvalue weighted by Gasteiger charge is 2.19. The summed E-state index contributed by atoms with van der Waals surface area (Å²) in [6.07, 6.45) is 6.42. The molecule has 3 aromatic rings. The number of nitrogens with zero attached hydrogens (tertiary/aromatic N) is 3. The van der Waals surface area contributed by atoms with Crippen LogP contribution in [0.15, 0.2) is 57.4 Å². The van der Waals surface area contributed by atoms with Crippen LogP contribution in [0.4, 0.5) is 10.1 Å². The first-order valence-corrected chi connectivity index (χ1v) is 11.5. The highest BCUT2D eigenvalue weighted by atomic mass is 19.1. The molecule has 0 fully saturated rings. The lowest BCUT2D eigenvalue weighted by atomic mass is 10.1. The van der Waals surface area contributed by atoms with E-state index in [0.717, 1.165) is 23.0 Å². The third-order valence-electron chi connectivity index (χ3n) is 5.82. The van der Waals surface area contributed by atoms with E-state index in [9.17, 15) is 18.8 Å². The van der Waals surface area contributed by atoms with Gasteiger partial charge in [0.1, 0.15) is 17.2 Å². The van der Waals surface area contributed by atoms with Crippen LogP contribution < -0.4 is 16.6 Å². The van der Waals surface area contributed by atoms with E-state index in [2.05, 4.69) is 15.3 Å². The predicted molar refractivity (Wildman–Crippen MR) is 130 cm³/mol. The van der Waals surface area contributed by atoms with Gasteiger partial charge < -0.3 is 10.3 Å². The van der Waals surface area contributed by atoms with Crippen LogP contribution in [0.3, 0.4) is 0 Å². The van der Waals surface area contributed by atoms with E-state index in [4.69, 9.17) is 0 Å². The normalized spacial score (nSPS) is 13.6. The number of anilines is 1. The molecular formula is C25H28FN5O3. The van der Waals surface area contributed by atoms with Crippen LogP contribution in [0.1, 0.15) is 50.9 Å². The summed E-state index contributed by atoms with van der Waals surface area (Å²) in [7, 11) is 0. The van der Waals surface area contributed by atoms with Gasteiger partial charge in [0, 0.05) is 37.6 Å². The van der Waals surface area contributed by atoms with Crippen molar-refractivity contribution in [3.8, 4) is 0 Å². The first-order valence-electron chi connectivity index (χ1n) is 11.5. The van der Waals surface area contributed by atoms with E-state index in [0.29, 0.717) is 42.1 Å². The van der Waals surface area contributed by atoms with Gasteiger partial charge in [0.15, 0.2) is 5.65 Å². The molecule has 2 aromatic heterocycles. The number of allylic oxidation sites excluding steroid dienone is 4. The lowest BCUT2D eigenvalue weighted by molar-refractivity contribution is -0.114. The fourth-order valence-corrected chi connectivity index (χ4v) is 4.05. The van der Waals surface area contributed by atoms with Gasteiger partial charge in [0.05, 0.1) is 6.54 Å². The van der Waals surface area contributed by atoms with E-state index in [-0.39, 0.29) is 30.2 Å². The molecule has 1 aromatic carbocycles. The van der Waals surface area contributed by atoms with Crippen LogP contribution in [0, 0.1) is 0 Å². The van der Waals surface area contributed by atoms with Crippen molar-refractivity contribution >= 4 is 22.8 Å². The number of nitrogens with one attached hydrogen (secondary N) is 2. The first-order chi connectivity index (χ1) is 16.4. The van der Waals surface area contributed by atoms with E-state index >= 15 is 0 Å². The summed E-state index contributed by atoms with van der Waals surface area (Å²) in [5.74, 6) is 0.109. The van der Waals surface area contributed by atoms with E-state index in [1.165, 1.54) is 11.5 Å². The zero-order valence-corrected chi connectivity index (χ0v) is 19.4. The highest BCUT2D eigenvalue weighted by molar-refractivity contribution is 5.88. The molecule has 2 heterocycles. The van der Waals surface area contributed by atoms with Gasteiger partial charge in [-0.2, -0.15) is 0 Å². The summed E-state index contributed by atoms with van der Waals surface area (Å²) < 4.78 is 16.9. The van der Waals surface area contributed by atoms with Gasteiger partial charge in [0.25, 0.3) is 5.56 Å².